The Bertz CT molecular complexity index is 2390. The predicted molar refractivity (Wildman–Crippen MR) is 196 cm³/mol. The number of nitrogens with zero attached hydrogens (tertiary/aromatic N) is 7. The van der Waals surface area contributed by atoms with Crippen LogP contribution in [0.5, 0.6) is 11.5 Å². The second kappa shape index (κ2) is 15.3. The van der Waals surface area contributed by atoms with Crippen LogP contribution in [0.3, 0.4) is 0 Å². The van der Waals surface area contributed by atoms with Crippen molar-refractivity contribution in [3.05, 3.63) is 63.7 Å². The van der Waals surface area contributed by atoms with E-state index in [1.807, 2.05) is 0 Å². The number of carbonyl (C=O) groups excluding carboxylic acids is 4. The molecule has 4 aromatic rings. The fourth-order valence-electron chi connectivity index (χ4n) is 5.12. The molecule has 1 aromatic carbocycles. The van der Waals surface area contributed by atoms with Crippen molar-refractivity contribution in [3.63, 3.8) is 0 Å². The minimum atomic E-state index is -1.83. The zero-order chi connectivity index (χ0) is 40.6. The number of thiazole rings is 1. The van der Waals surface area contributed by atoms with E-state index in [-0.39, 0.29) is 39.4 Å². The Balaban J connectivity index is 1.14. The molecular formula is C31H29N11O11S3. The van der Waals surface area contributed by atoms with Gasteiger partial charge in [0.1, 0.15) is 27.8 Å². The first-order valence-electron chi connectivity index (χ1n) is 15.9. The molecule has 2 aliphatic rings. The molecule has 5 heterocycles. The maximum Gasteiger partial charge on any atom is 0.375 e. The van der Waals surface area contributed by atoms with Crippen LogP contribution < -0.4 is 21.9 Å². The number of carboxylic acids is 2. The summed E-state index contributed by atoms with van der Waals surface area (Å²) in [5, 5.41) is 50.0. The molecule has 0 spiro atoms. The van der Waals surface area contributed by atoms with Gasteiger partial charge in [-0.25, -0.2) is 19.6 Å². The lowest BCUT2D eigenvalue weighted by molar-refractivity contribution is -0.150. The number of aromatic carboxylic acids is 1. The second-order valence-electron chi connectivity index (χ2n) is 12.3. The lowest BCUT2D eigenvalue weighted by Gasteiger charge is -2.49. The molecule has 0 aliphatic carbocycles. The molecule has 56 heavy (non-hydrogen) atoms. The summed E-state index contributed by atoms with van der Waals surface area (Å²) in [6.45, 7) is 4.22. The smallest absolute Gasteiger partial charge is 0.375 e. The first-order chi connectivity index (χ1) is 26.4. The lowest BCUT2D eigenvalue weighted by Crippen LogP contribution is -2.71. The van der Waals surface area contributed by atoms with Crippen molar-refractivity contribution in [2.24, 2.45) is 5.16 Å². The number of anilines is 1. The number of nitrogens with two attached hydrogens (primary N) is 1. The Hall–Kier alpha value is -6.47. The number of oxime groups is 1. The number of fused-ring (bicyclic) bond motifs is 2. The van der Waals surface area contributed by atoms with Crippen LogP contribution in [-0.2, 0) is 24.0 Å². The number of nitrogens with one attached hydrogen (secondary N) is 3. The van der Waals surface area contributed by atoms with Gasteiger partial charge in [0.25, 0.3) is 35.2 Å². The number of amides is 4. The predicted octanol–water partition coefficient (Wildman–Crippen LogP) is 0.0722. The molecule has 292 valence electrons. The van der Waals surface area contributed by atoms with Gasteiger partial charge in [-0.2, -0.15) is 9.50 Å². The van der Waals surface area contributed by atoms with Gasteiger partial charge in [0, 0.05) is 28.1 Å². The van der Waals surface area contributed by atoms with Crippen LogP contribution in [0, 0.1) is 6.92 Å². The second-order valence-corrected chi connectivity index (χ2v) is 15.3. The zero-order valence-electron chi connectivity index (χ0n) is 29.0. The van der Waals surface area contributed by atoms with Crippen LogP contribution in [0.2, 0.25) is 0 Å². The fraction of sp³-hybridized carbons (Fsp3) is 0.258. The van der Waals surface area contributed by atoms with Crippen molar-refractivity contribution in [3.8, 4) is 11.5 Å². The molecule has 2 atom stereocenters. The van der Waals surface area contributed by atoms with E-state index in [1.165, 1.54) is 41.6 Å². The summed E-state index contributed by atoms with van der Waals surface area (Å²) in [4.78, 5) is 95.1. The topological polar surface area (TPSA) is 326 Å². The Morgan fingerprint density at radius 1 is 1.07 bits per heavy atom. The number of carbonyl (C=O) groups is 6. The highest BCUT2D eigenvalue weighted by atomic mass is 32.2. The lowest BCUT2D eigenvalue weighted by atomic mass is 10.0. The van der Waals surface area contributed by atoms with Crippen LogP contribution in [0.25, 0.3) is 5.78 Å². The van der Waals surface area contributed by atoms with E-state index < -0.39 is 75.6 Å². The molecule has 2 aliphatic heterocycles. The normalized spacial score (nSPS) is 16.9. The molecule has 4 amide bonds. The number of rotatable bonds is 12. The third-order valence-corrected chi connectivity index (χ3v) is 11.0. The number of hydrogen-bond donors (Lipinski definition) is 8. The summed E-state index contributed by atoms with van der Waals surface area (Å²) >= 11 is 3.31. The Morgan fingerprint density at radius 3 is 2.48 bits per heavy atom. The van der Waals surface area contributed by atoms with Crippen molar-refractivity contribution in [2.45, 2.75) is 42.8 Å². The van der Waals surface area contributed by atoms with E-state index in [0.29, 0.717) is 16.3 Å². The van der Waals surface area contributed by atoms with Gasteiger partial charge in [-0.3, -0.25) is 34.9 Å². The quantitative estimate of drug-likeness (QED) is 0.0234. The molecule has 9 N–H and O–H groups in total. The van der Waals surface area contributed by atoms with Crippen molar-refractivity contribution in [2.75, 3.05) is 17.2 Å². The Kier molecular flexibility index (Phi) is 10.7. The zero-order valence-corrected chi connectivity index (χ0v) is 31.5. The highest BCUT2D eigenvalue weighted by Crippen LogP contribution is 2.41. The van der Waals surface area contributed by atoms with Crippen LogP contribution >= 0.6 is 34.9 Å². The fourth-order valence-corrected chi connectivity index (χ4v) is 8.20. The molecule has 0 bridgehead atoms. The molecule has 25 heteroatoms. The SMILES string of the molecule is Cc1cc(SCC2=C(C(=O)O)N3C(=O)[C@@H](NC(=O)/C(=N\OC(C)(C)C(=O)NNC(=O)c4ccc(O)c(O)c4)c4csc(N)n4)[C@H]3SC2)n2nc(C(=O)O)nc2n1. The maximum atomic E-state index is 13.6. The third-order valence-electron chi connectivity index (χ3n) is 7.95. The summed E-state index contributed by atoms with van der Waals surface area (Å²) in [5.74, 6) is -7.37. The van der Waals surface area contributed by atoms with E-state index >= 15 is 0 Å². The summed E-state index contributed by atoms with van der Waals surface area (Å²) < 4.78 is 1.23. The van der Waals surface area contributed by atoms with Crippen LogP contribution in [0.1, 0.15) is 46.2 Å². The number of phenols is 2. The summed E-state index contributed by atoms with van der Waals surface area (Å²) in [6.07, 6.45) is 0. The Morgan fingerprint density at radius 2 is 1.82 bits per heavy atom. The molecule has 6 rings (SSSR count). The van der Waals surface area contributed by atoms with Crippen molar-refractivity contribution < 1.29 is 54.0 Å². The van der Waals surface area contributed by atoms with Crippen molar-refractivity contribution in [1.29, 1.82) is 0 Å². The molecule has 1 fully saturated rings. The van der Waals surface area contributed by atoms with Crippen molar-refractivity contribution >= 4 is 87.0 Å². The van der Waals surface area contributed by atoms with Gasteiger partial charge in [-0.15, -0.1) is 40.0 Å². The average Bonchev–Trinajstić information content (AvgIpc) is 3.78. The highest BCUT2D eigenvalue weighted by molar-refractivity contribution is 8.01. The summed E-state index contributed by atoms with van der Waals surface area (Å²) in [5.41, 5.74) is 8.23. The minimum Gasteiger partial charge on any atom is -0.504 e. The Labute approximate surface area is 326 Å². The first kappa shape index (κ1) is 39.2. The molecule has 0 unspecified atom stereocenters. The summed E-state index contributed by atoms with van der Waals surface area (Å²) in [7, 11) is 0. The molecule has 22 nitrogen and oxygen atoms in total. The van der Waals surface area contributed by atoms with Crippen LogP contribution in [0.15, 0.2) is 51.1 Å². The number of aromatic hydroxyl groups is 2. The maximum absolute atomic E-state index is 13.6. The standard InChI is InChI=1S/C31H29N11O11S3/c1-11-6-17(42-30(33-11)36-21(39-42)27(50)51)54-8-13-9-55-25-19(24(47)41(25)20(13)26(48)49)35-23(46)18(14-10-56-29(32)34-14)40-53-31(2,3)28(52)38-37-22(45)12-4-5-15(43)16(44)7-12/h4-7,10,19,25,43-44H,8-9H2,1-3H3,(H2,32,34)(H,35,46)(H,37,45)(H,38,52)(H,48,49)(H,50,51)/b40-18-/t19-,25-/m1/s1. The number of phenolic OH excluding ortho intramolecular Hbond substituents is 2. The number of aryl methyl sites for hydroxylation is 1. The molecular weight excluding hydrogens is 799 g/mol. The average molecular weight is 828 g/mol. The van der Waals surface area contributed by atoms with Gasteiger partial charge in [-0.05, 0) is 50.6 Å². The van der Waals surface area contributed by atoms with Gasteiger partial charge in [0.05, 0.1) is 0 Å². The number of nitrogen functional groups attached to an aromatic ring is 1. The van der Waals surface area contributed by atoms with E-state index in [4.69, 9.17) is 10.6 Å². The minimum absolute atomic E-state index is 0.0467. The monoisotopic (exact) mass is 827 g/mol. The van der Waals surface area contributed by atoms with Gasteiger partial charge in [-0.1, -0.05) is 5.16 Å². The van der Waals surface area contributed by atoms with Gasteiger partial charge in [0.15, 0.2) is 22.3 Å². The van der Waals surface area contributed by atoms with E-state index in [0.717, 1.165) is 40.1 Å². The molecule has 1 saturated heterocycles. The number of carboxylic acid groups (broad SMARTS) is 2. The van der Waals surface area contributed by atoms with E-state index in [2.05, 4.69) is 41.4 Å². The molecule has 0 radical (unpaired) electrons. The van der Waals surface area contributed by atoms with Gasteiger partial charge >= 0.3 is 11.9 Å². The number of hydrazine groups is 1. The van der Waals surface area contributed by atoms with Crippen molar-refractivity contribution in [1.82, 2.24) is 45.6 Å². The number of β-lactam (4-membered cyclic amide) rings is 1. The summed E-state index contributed by atoms with van der Waals surface area (Å²) in [6, 6.07) is 3.69. The number of aliphatic carboxylic acids is 1. The van der Waals surface area contributed by atoms with Gasteiger partial charge in [0.2, 0.25) is 5.60 Å². The highest BCUT2D eigenvalue weighted by Gasteiger charge is 2.54. The van der Waals surface area contributed by atoms with Crippen LogP contribution in [-0.4, -0.2) is 120 Å². The number of aromatic nitrogens is 5. The number of hydrogen-bond acceptors (Lipinski definition) is 18. The third kappa shape index (κ3) is 7.85. The van der Waals surface area contributed by atoms with Crippen LogP contribution in [0.4, 0.5) is 5.13 Å². The number of benzene rings is 1. The van der Waals surface area contributed by atoms with Gasteiger partial charge < -0.3 is 36.3 Å². The first-order valence-corrected chi connectivity index (χ1v) is 18.8. The molecule has 3 aromatic heterocycles. The molecule has 0 saturated carbocycles. The largest absolute Gasteiger partial charge is 0.504 e. The van der Waals surface area contributed by atoms with E-state index in [1.54, 1.807) is 13.0 Å². The number of thioether (sulfide) groups is 2. The van der Waals surface area contributed by atoms with E-state index in [9.17, 15) is 49.2 Å².